The molecule has 0 unspecified atom stereocenters. The lowest BCUT2D eigenvalue weighted by molar-refractivity contribution is -0.172. The fraction of sp³-hybridized carbons (Fsp3) is 0.846. The highest BCUT2D eigenvalue weighted by Crippen LogP contribution is 2.61. The largest absolute Gasteiger partial charge is 0.341 e. The zero-order valence-electron chi connectivity index (χ0n) is 19.5. The normalized spacial score (nSPS) is 46.4. The molecule has 0 aromatic carbocycles. The summed E-state index contributed by atoms with van der Waals surface area (Å²) >= 11 is 0. The van der Waals surface area contributed by atoms with Gasteiger partial charge < -0.3 is 9.68 Å². The van der Waals surface area contributed by atoms with Gasteiger partial charge in [-0.05, 0) is 126 Å². The predicted octanol–water partition coefficient (Wildman–Crippen LogP) is 5.26. The first-order valence-electron chi connectivity index (χ1n) is 12.8. The second kappa shape index (κ2) is 7.39. The fourth-order valence-corrected chi connectivity index (χ4v) is 9.27. The lowest BCUT2D eigenvalue weighted by Crippen LogP contribution is -2.50. The standard InChI is InChI=1S/C26H36N2O4/c1-15(27-31-23(29)25-9-17-3-18(10-25)5-19(4-17)11-25)16(2)28-32-24(30)26-12-20-6-21(13-26)8-22(7-20)14-26/h17-22H,3-14H2,1-2H3/b27-15+,28-16+. The number of carbonyl (C=O) groups is 2. The van der Waals surface area contributed by atoms with Crippen LogP contribution in [0.2, 0.25) is 0 Å². The van der Waals surface area contributed by atoms with E-state index < -0.39 is 0 Å². The van der Waals surface area contributed by atoms with Crippen molar-refractivity contribution >= 4 is 23.4 Å². The van der Waals surface area contributed by atoms with E-state index in [1.165, 1.54) is 38.5 Å². The predicted molar refractivity (Wildman–Crippen MR) is 120 cm³/mol. The molecule has 174 valence electrons. The Hall–Kier alpha value is -1.72. The van der Waals surface area contributed by atoms with Gasteiger partial charge in [0.1, 0.15) is 11.4 Å². The van der Waals surface area contributed by atoms with Crippen LogP contribution < -0.4 is 0 Å². The minimum absolute atomic E-state index is 0.172. The summed E-state index contributed by atoms with van der Waals surface area (Å²) in [6.07, 6.45) is 13.5. The third kappa shape index (κ3) is 3.43. The van der Waals surface area contributed by atoms with Gasteiger partial charge >= 0.3 is 11.9 Å². The molecule has 6 nitrogen and oxygen atoms in total. The third-order valence-electron chi connectivity index (χ3n) is 10.00. The zero-order valence-corrected chi connectivity index (χ0v) is 19.5. The van der Waals surface area contributed by atoms with Crippen molar-refractivity contribution in [1.82, 2.24) is 0 Å². The Morgan fingerprint density at radius 2 is 0.812 bits per heavy atom. The molecule has 0 spiro atoms. The third-order valence-corrected chi connectivity index (χ3v) is 10.00. The van der Waals surface area contributed by atoms with E-state index >= 15 is 0 Å². The topological polar surface area (TPSA) is 77.3 Å². The van der Waals surface area contributed by atoms with Crippen molar-refractivity contribution in [3.8, 4) is 0 Å². The first kappa shape index (κ1) is 20.9. The number of hydrogen-bond acceptors (Lipinski definition) is 6. The summed E-state index contributed by atoms with van der Waals surface area (Å²) < 4.78 is 0. The second-order valence-electron chi connectivity index (χ2n) is 12.5. The van der Waals surface area contributed by atoms with Gasteiger partial charge in [-0.2, -0.15) is 0 Å². The van der Waals surface area contributed by atoms with Gasteiger partial charge in [-0.3, -0.25) is 0 Å². The molecule has 0 heterocycles. The van der Waals surface area contributed by atoms with Crippen LogP contribution >= 0.6 is 0 Å². The van der Waals surface area contributed by atoms with Crippen LogP contribution in [0.15, 0.2) is 10.3 Å². The highest BCUT2D eigenvalue weighted by molar-refractivity contribution is 6.40. The molecule has 8 aliphatic rings. The molecule has 8 rings (SSSR count). The average Bonchev–Trinajstić information content (AvgIpc) is 2.73. The molecule has 0 aliphatic heterocycles. The minimum atomic E-state index is -0.325. The van der Waals surface area contributed by atoms with Crippen LogP contribution in [0.3, 0.4) is 0 Å². The molecule has 8 bridgehead atoms. The van der Waals surface area contributed by atoms with Crippen molar-refractivity contribution in [1.29, 1.82) is 0 Å². The van der Waals surface area contributed by atoms with E-state index in [0.717, 1.165) is 38.5 Å². The molecule has 0 aromatic rings. The molecule has 6 heteroatoms. The van der Waals surface area contributed by atoms with Crippen LogP contribution in [0.1, 0.15) is 90.9 Å². The summed E-state index contributed by atoms with van der Waals surface area (Å²) in [5, 5.41) is 8.19. The monoisotopic (exact) mass is 440 g/mol. The lowest BCUT2D eigenvalue weighted by atomic mass is 9.49. The first-order chi connectivity index (χ1) is 15.3. The summed E-state index contributed by atoms with van der Waals surface area (Å²) in [5.41, 5.74) is 0.325. The lowest BCUT2D eigenvalue weighted by Gasteiger charge is -2.54. The molecular formula is C26H36N2O4. The number of oxime groups is 2. The Balaban J connectivity index is 1.08. The van der Waals surface area contributed by atoms with Crippen molar-refractivity contribution in [2.24, 2.45) is 56.6 Å². The van der Waals surface area contributed by atoms with E-state index in [1.807, 2.05) is 0 Å². The first-order valence-corrected chi connectivity index (χ1v) is 12.8. The van der Waals surface area contributed by atoms with E-state index in [9.17, 15) is 9.59 Å². The molecule has 0 amide bonds. The molecule has 8 saturated carbocycles. The van der Waals surface area contributed by atoms with Crippen LogP contribution in [0.25, 0.3) is 0 Å². The number of carbonyl (C=O) groups excluding carboxylic acids is 2. The molecule has 0 atom stereocenters. The van der Waals surface area contributed by atoms with E-state index in [1.54, 1.807) is 13.8 Å². The van der Waals surface area contributed by atoms with Crippen LogP contribution in [-0.4, -0.2) is 23.4 Å². The second-order valence-corrected chi connectivity index (χ2v) is 12.5. The Bertz CT molecular complexity index is 746. The molecule has 8 fully saturated rings. The fourth-order valence-electron chi connectivity index (χ4n) is 9.27. The van der Waals surface area contributed by atoms with E-state index in [0.29, 0.717) is 46.9 Å². The van der Waals surface area contributed by atoms with Gasteiger partial charge in [0, 0.05) is 0 Å². The van der Waals surface area contributed by atoms with Crippen molar-refractivity contribution < 1.29 is 19.3 Å². The van der Waals surface area contributed by atoms with Crippen LogP contribution in [0.5, 0.6) is 0 Å². The van der Waals surface area contributed by atoms with Crippen LogP contribution in [0, 0.1) is 46.3 Å². The Morgan fingerprint density at radius 3 is 1.06 bits per heavy atom. The summed E-state index contributed by atoms with van der Waals surface area (Å²) in [6.45, 7) is 3.51. The van der Waals surface area contributed by atoms with E-state index in [2.05, 4.69) is 10.3 Å². The Labute approximate surface area is 190 Å². The van der Waals surface area contributed by atoms with E-state index in [-0.39, 0.29) is 22.8 Å². The molecule has 32 heavy (non-hydrogen) atoms. The maximum Gasteiger partial charge on any atom is 0.341 e. The van der Waals surface area contributed by atoms with Crippen molar-refractivity contribution in [3.05, 3.63) is 0 Å². The van der Waals surface area contributed by atoms with Crippen molar-refractivity contribution in [3.63, 3.8) is 0 Å². The Kier molecular flexibility index (Phi) is 4.82. The van der Waals surface area contributed by atoms with Gasteiger partial charge in [0.05, 0.1) is 10.8 Å². The van der Waals surface area contributed by atoms with Gasteiger partial charge in [0.2, 0.25) is 0 Å². The molecule has 0 saturated heterocycles. The maximum absolute atomic E-state index is 13.0. The quantitative estimate of drug-likeness (QED) is 0.332. The van der Waals surface area contributed by atoms with Gasteiger partial charge in [0.15, 0.2) is 0 Å². The number of hydrogen-bond donors (Lipinski definition) is 0. The molecule has 0 N–H and O–H groups in total. The van der Waals surface area contributed by atoms with Crippen LogP contribution in [-0.2, 0) is 19.3 Å². The highest BCUT2D eigenvalue weighted by atomic mass is 16.7. The van der Waals surface area contributed by atoms with Gasteiger partial charge in [-0.25, -0.2) is 9.59 Å². The summed E-state index contributed by atoms with van der Waals surface area (Å²) in [6, 6.07) is 0. The summed E-state index contributed by atoms with van der Waals surface area (Å²) in [5.74, 6) is 3.77. The summed E-state index contributed by atoms with van der Waals surface area (Å²) in [7, 11) is 0. The maximum atomic E-state index is 13.0. The van der Waals surface area contributed by atoms with Crippen molar-refractivity contribution in [2.75, 3.05) is 0 Å². The van der Waals surface area contributed by atoms with Crippen molar-refractivity contribution in [2.45, 2.75) is 90.9 Å². The molecule has 8 aliphatic carbocycles. The summed E-state index contributed by atoms with van der Waals surface area (Å²) in [4.78, 5) is 36.9. The Morgan fingerprint density at radius 1 is 0.562 bits per heavy atom. The molecule has 0 radical (unpaired) electrons. The van der Waals surface area contributed by atoms with Gasteiger partial charge in [-0.15, -0.1) is 0 Å². The smallest absolute Gasteiger partial charge is 0.317 e. The van der Waals surface area contributed by atoms with Crippen LogP contribution in [0.4, 0.5) is 0 Å². The van der Waals surface area contributed by atoms with Gasteiger partial charge in [0.25, 0.3) is 0 Å². The highest BCUT2D eigenvalue weighted by Gasteiger charge is 2.57. The minimum Gasteiger partial charge on any atom is -0.317 e. The number of nitrogens with zero attached hydrogens (tertiary/aromatic N) is 2. The number of rotatable bonds is 5. The SMILES string of the molecule is CC(=N\OC(=O)C12CC3CC(CC(C3)C1)C2)/C(C)=N/OC(=O)C12CC3CC(CC(C3)C1)C2. The van der Waals surface area contributed by atoms with E-state index in [4.69, 9.17) is 9.68 Å². The zero-order chi connectivity index (χ0) is 22.1. The molecule has 0 aromatic heterocycles. The van der Waals surface area contributed by atoms with Gasteiger partial charge in [-0.1, -0.05) is 10.3 Å². The average molecular weight is 441 g/mol. The molecular weight excluding hydrogens is 404 g/mol.